The number of H-pyrrole nitrogens is 1. The van der Waals surface area contributed by atoms with Crippen LogP contribution in [0, 0.1) is 0 Å². The van der Waals surface area contributed by atoms with Gasteiger partial charge in [0.05, 0.1) is 12.1 Å². The molecule has 9 nitrogen and oxygen atoms in total. The number of nitrogens with two attached hydrogens (primary N) is 1. The summed E-state index contributed by atoms with van der Waals surface area (Å²) >= 11 is 0. The predicted octanol–water partition coefficient (Wildman–Crippen LogP) is 3.30. The first-order valence-corrected chi connectivity index (χ1v) is 10.7. The quantitative estimate of drug-likeness (QED) is 0.482. The van der Waals surface area contributed by atoms with Gasteiger partial charge in [0, 0.05) is 29.8 Å². The molecule has 2 aromatic heterocycles. The van der Waals surface area contributed by atoms with Crippen molar-refractivity contribution in [3.8, 4) is 34.3 Å². The highest BCUT2D eigenvalue weighted by Crippen LogP contribution is 2.37. The fraction of sp³-hybridized carbons (Fsp3) is 0.304. The van der Waals surface area contributed by atoms with Gasteiger partial charge < -0.3 is 19.8 Å². The third-order valence-electron chi connectivity index (χ3n) is 5.60. The number of hydrogen-bond donors (Lipinski definition) is 2. The zero-order valence-corrected chi connectivity index (χ0v) is 17.7. The normalized spacial score (nSPS) is 14.4. The van der Waals surface area contributed by atoms with Crippen LogP contribution >= 0.6 is 0 Å². The summed E-state index contributed by atoms with van der Waals surface area (Å²) in [6.07, 6.45) is 3.28. The number of ether oxygens (including phenoxy) is 2. The third-order valence-corrected chi connectivity index (χ3v) is 5.60. The molecule has 0 radical (unpaired) electrons. The van der Waals surface area contributed by atoms with Crippen LogP contribution in [0.25, 0.3) is 33.8 Å². The molecule has 0 unspecified atom stereocenters. The van der Waals surface area contributed by atoms with Gasteiger partial charge in [0.2, 0.25) is 0 Å². The number of amides is 1. The Balaban J connectivity index is 1.59. The minimum Gasteiger partial charge on any atom is -0.491 e. The standard InChI is InChI=1S/C23H24N6O3/c1-2-18(21(24)30)32-16-11-17-20-19(12-16)31-10-4-3-9-29(20)23(27-17)15-7-5-14(6-8-15)22-25-13-26-28-22/h5-8,11-13,18H,2-4,9-10H2,1H3,(H2,24,30)(H,25,26,28)/t18-/m0/s1. The van der Waals surface area contributed by atoms with E-state index >= 15 is 0 Å². The lowest BCUT2D eigenvalue weighted by Crippen LogP contribution is -2.32. The van der Waals surface area contributed by atoms with Crippen molar-refractivity contribution in [2.45, 2.75) is 38.8 Å². The van der Waals surface area contributed by atoms with Gasteiger partial charge in [0.15, 0.2) is 11.9 Å². The highest BCUT2D eigenvalue weighted by molar-refractivity contribution is 5.88. The number of benzene rings is 2. The topological polar surface area (TPSA) is 121 Å². The average molecular weight is 432 g/mol. The number of rotatable bonds is 6. The molecule has 0 aliphatic carbocycles. The lowest BCUT2D eigenvalue weighted by atomic mass is 10.1. The van der Waals surface area contributed by atoms with Crippen LogP contribution in [0.2, 0.25) is 0 Å². The van der Waals surface area contributed by atoms with E-state index in [1.54, 1.807) is 6.33 Å². The van der Waals surface area contributed by atoms with Crippen molar-refractivity contribution in [2.75, 3.05) is 6.61 Å². The Labute approximate surface area is 184 Å². The van der Waals surface area contributed by atoms with Gasteiger partial charge in [-0.05, 0) is 19.3 Å². The molecule has 1 amide bonds. The van der Waals surface area contributed by atoms with E-state index in [9.17, 15) is 4.79 Å². The van der Waals surface area contributed by atoms with E-state index in [4.69, 9.17) is 20.2 Å². The monoisotopic (exact) mass is 432 g/mol. The summed E-state index contributed by atoms with van der Waals surface area (Å²) in [7, 11) is 0. The Morgan fingerprint density at radius 1 is 1.25 bits per heavy atom. The Bertz CT molecular complexity index is 1250. The molecule has 32 heavy (non-hydrogen) atoms. The molecule has 1 aliphatic heterocycles. The first kappa shape index (κ1) is 20.0. The second kappa shape index (κ2) is 8.33. The summed E-state index contributed by atoms with van der Waals surface area (Å²) in [4.78, 5) is 20.8. The van der Waals surface area contributed by atoms with Crippen LogP contribution in [0.3, 0.4) is 0 Å². The smallest absolute Gasteiger partial charge is 0.258 e. The highest BCUT2D eigenvalue weighted by Gasteiger charge is 2.22. The van der Waals surface area contributed by atoms with Crippen molar-refractivity contribution in [3.63, 3.8) is 0 Å². The minimum absolute atomic E-state index is 0.487. The number of aryl methyl sites for hydroxylation is 1. The third kappa shape index (κ3) is 3.66. The Kier molecular flexibility index (Phi) is 5.22. The van der Waals surface area contributed by atoms with Crippen LogP contribution in [0.1, 0.15) is 26.2 Å². The van der Waals surface area contributed by atoms with Gasteiger partial charge >= 0.3 is 0 Å². The first-order valence-electron chi connectivity index (χ1n) is 10.7. The van der Waals surface area contributed by atoms with Crippen molar-refractivity contribution in [3.05, 3.63) is 42.7 Å². The lowest BCUT2D eigenvalue weighted by Gasteiger charge is -2.18. The first-order chi connectivity index (χ1) is 15.6. The summed E-state index contributed by atoms with van der Waals surface area (Å²) in [6, 6.07) is 11.7. The number of nitrogens with one attached hydrogen (secondary N) is 1. The molecule has 0 spiro atoms. The number of imidazole rings is 1. The van der Waals surface area contributed by atoms with E-state index < -0.39 is 12.0 Å². The molecular formula is C23H24N6O3. The number of carbonyl (C=O) groups excluding carboxylic acids is 1. The molecule has 0 fully saturated rings. The molecule has 2 aromatic carbocycles. The largest absolute Gasteiger partial charge is 0.491 e. The van der Waals surface area contributed by atoms with Crippen molar-refractivity contribution in [2.24, 2.45) is 5.73 Å². The Hall–Kier alpha value is -3.88. The summed E-state index contributed by atoms with van der Waals surface area (Å²) in [5.41, 5.74) is 9.06. The summed E-state index contributed by atoms with van der Waals surface area (Å²) in [5.74, 6) is 2.24. The summed E-state index contributed by atoms with van der Waals surface area (Å²) in [6.45, 7) is 3.32. The van der Waals surface area contributed by atoms with Crippen LogP contribution in [0.15, 0.2) is 42.7 Å². The molecule has 1 atom stereocenters. The van der Waals surface area contributed by atoms with Gasteiger partial charge in [-0.1, -0.05) is 31.2 Å². The Morgan fingerprint density at radius 2 is 2.06 bits per heavy atom. The van der Waals surface area contributed by atoms with E-state index in [0.717, 1.165) is 47.4 Å². The fourth-order valence-corrected chi connectivity index (χ4v) is 4.00. The van der Waals surface area contributed by atoms with E-state index in [1.165, 1.54) is 0 Å². The molecule has 3 N–H and O–H groups in total. The van der Waals surface area contributed by atoms with Gasteiger partial charge in [0.1, 0.15) is 29.2 Å². The Morgan fingerprint density at radius 3 is 2.78 bits per heavy atom. The van der Waals surface area contributed by atoms with Crippen LogP contribution in [0.5, 0.6) is 11.5 Å². The van der Waals surface area contributed by atoms with Crippen LogP contribution in [-0.4, -0.2) is 43.4 Å². The highest BCUT2D eigenvalue weighted by atomic mass is 16.5. The lowest BCUT2D eigenvalue weighted by molar-refractivity contribution is -0.124. The van der Waals surface area contributed by atoms with Crippen molar-refractivity contribution >= 4 is 16.9 Å². The van der Waals surface area contributed by atoms with Gasteiger partial charge in [-0.25, -0.2) is 9.97 Å². The number of aromatic amines is 1. The van der Waals surface area contributed by atoms with E-state index in [1.807, 2.05) is 43.3 Å². The SMILES string of the molecule is CC[C@H](Oc1cc2c3c(c1)nc(-c1ccc(-c4nc[nH]n4)cc1)n3CCCCO2)C(N)=O. The fourth-order valence-electron chi connectivity index (χ4n) is 4.00. The molecule has 5 rings (SSSR count). The van der Waals surface area contributed by atoms with E-state index in [2.05, 4.69) is 19.7 Å². The second-order valence-electron chi connectivity index (χ2n) is 7.75. The summed E-state index contributed by atoms with van der Waals surface area (Å²) < 4.78 is 14.1. The van der Waals surface area contributed by atoms with Gasteiger partial charge in [0.25, 0.3) is 5.91 Å². The maximum atomic E-state index is 11.7. The zero-order valence-electron chi connectivity index (χ0n) is 17.7. The number of aromatic nitrogens is 5. The van der Waals surface area contributed by atoms with Gasteiger partial charge in [-0.2, -0.15) is 5.10 Å². The predicted molar refractivity (Wildman–Crippen MR) is 119 cm³/mol. The average Bonchev–Trinajstić information content (AvgIpc) is 3.43. The molecule has 0 bridgehead atoms. The van der Waals surface area contributed by atoms with E-state index in [-0.39, 0.29) is 0 Å². The number of carbonyl (C=O) groups is 1. The maximum Gasteiger partial charge on any atom is 0.258 e. The van der Waals surface area contributed by atoms with E-state index in [0.29, 0.717) is 30.4 Å². The van der Waals surface area contributed by atoms with Crippen LogP contribution < -0.4 is 15.2 Å². The van der Waals surface area contributed by atoms with Crippen molar-refractivity contribution in [1.82, 2.24) is 24.7 Å². The molecular weight excluding hydrogens is 408 g/mol. The molecule has 3 heterocycles. The molecule has 0 saturated carbocycles. The molecule has 0 saturated heterocycles. The number of primary amides is 1. The minimum atomic E-state index is -0.696. The van der Waals surface area contributed by atoms with Gasteiger partial charge in [-0.15, -0.1) is 0 Å². The molecule has 9 heteroatoms. The summed E-state index contributed by atoms with van der Waals surface area (Å²) in [5, 5.41) is 6.87. The zero-order chi connectivity index (χ0) is 22.1. The van der Waals surface area contributed by atoms with Gasteiger partial charge in [-0.3, -0.25) is 9.89 Å². The molecule has 164 valence electrons. The van der Waals surface area contributed by atoms with Crippen LogP contribution in [-0.2, 0) is 11.3 Å². The molecule has 1 aliphatic rings. The van der Waals surface area contributed by atoms with Crippen molar-refractivity contribution in [1.29, 1.82) is 0 Å². The number of nitrogens with zero attached hydrogens (tertiary/aromatic N) is 4. The van der Waals surface area contributed by atoms with Crippen LogP contribution in [0.4, 0.5) is 0 Å². The molecule has 4 aromatic rings. The second-order valence-corrected chi connectivity index (χ2v) is 7.75. The number of hydrogen-bond acceptors (Lipinski definition) is 6. The van der Waals surface area contributed by atoms with Crippen molar-refractivity contribution < 1.29 is 14.3 Å². The maximum absolute atomic E-state index is 11.7.